The molecule has 80 valence electrons. The number of hydrogen-bond donors (Lipinski definition) is 1. The van der Waals surface area contributed by atoms with Crippen LogP contribution in [0.25, 0.3) is 0 Å². The second-order valence-corrected chi connectivity index (χ2v) is 4.05. The van der Waals surface area contributed by atoms with Crippen molar-refractivity contribution in [1.82, 2.24) is 0 Å². The highest BCUT2D eigenvalue weighted by molar-refractivity contribution is 5.66. The number of rotatable bonds is 2. The number of aliphatic carboxylic acids is 1. The zero-order chi connectivity index (χ0) is 10.8. The van der Waals surface area contributed by atoms with Gasteiger partial charge in [-0.1, -0.05) is 6.07 Å². The van der Waals surface area contributed by atoms with Gasteiger partial charge < -0.3 is 15.0 Å². The maximum atomic E-state index is 10.6. The van der Waals surface area contributed by atoms with E-state index < -0.39 is 5.97 Å². The molecular formula is C12H13O3-. The minimum absolute atomic E-state index is 0.0550. The number of aryl methyl sites for hydroxylation is 1. The first-order valence-electron chi connectivity index (χ1n) is 5.18. The van der Waals surface area contributed by atoms with Gasteiger partial charge in [0.1, 0.15) is 5.75 Å². The number of phenolic OH excluding ortho intramolecular Hbond substituents is 1. The summed E-state index contributed by atoms with van der Waals surface area (Å²) < 4.78 is 0. The van der Waals surface area contributed by atoms with Crippen molar-refractivity contribution in [3.63, 3.8) is 0 Å². The molecule has 0 spiro atoms. The molecule has 15 heavy (non-hydrogen) atoms. The third kappa shape index (κ3) is 2.12. The summed E-state index contributed by atoms with van der Waals surface area (Å²) in [6, 6.07) is 5.18. The van der Waals surface area contributed by atoms with Crippen LogP contribution >= 0.6 is 0 Å². The lowest BCUT2D eigenvalue weighted by molar-refractivity contribution is -0.306. The van der Waals surface area contributed by atoms with E-state index in [4.69, 9.17) is 0 Å². The van der Waals surface area contributed by atoms with Gasteiger partial charge in [0.15, 0.2) is 0 Å². The molecular weight excluding hydrogens is 192 g/mol. The summed E-state index contributed by atoms with van der Waals surface area (Å²) in [5.74, 6) is -0.692. The van der Waals surface area contributed by atoms with Crippen molar-refractivity contribution in [2.75, 3.05) is 0 Å². The van der Waals surface area contributed by atoms with E-state index >= 15 is 0 Å². The van der Waals surface area contributed by atoms with Crippen molar-refractivity contribution in [2.24, 2.45) is 0 Å². The molecule has 3 heteroatoms. The van der Waals surface area contributed by atoms with Crippen LogP contribution in [0, 0.1) is 0 Å². The van der Waals surface area contributed by atoms with Gasteiger partial charge in [-0.3, -0.25) is 0 Å². The van der Waals surface area contributed by atoms with Crippen LogP contribution in [0.15, 0.2) is 18.2 Å². The molecule has 0 radical (unpaired) electrons. The third-order valence-electron chi connectivity index (χ3n) is 2.98. The van der Waals surface area contributed by atoms with Gasteiger partial charge in [-0.15, -0.1) is 0 Å². The molecule has 1 aromatic carbocycles. The van der Waals surface area contributed by atoms with Gasteiger partial charge in [-0.05, 0) is 54.9 Å². The van der Waals surface area contributed by atoms with Gasteiger partial charge in [0.25, 0.3) is 0 Å². The zero-order valence-corrected chi connectivity index (χ0v) is 8.40. The highest BCUT2D eigenvalue weighted by atomic mass is 16.4. The van der Waals surface area contributed by atoms with Crippen LogP contribution in [-0.2, 0) is 11.2 Å². The summed E-state index contributed by atoms with van der Waals surface area (Å²) >= 11 is 0. The summed E-state index contributed by atoms with van der Waals surface area (Å²) in [6.45, 7) is 0. The standard InChI is InChI=1S/C12H14O3/c13-10-4-5-11-8(6-10)2-1-3-9(11)7-12(14)15/h4-6,9,13H,1-3,7H2,(H,14,15)/p-1. The lowest BCUT2D eigenvalue weighted by Gasteiger charge is -2.25. The van der Waals surface area contributed by atoms with E-state index in [1.807, 2.05) is 6.07 Å². The molecule has 1 N–H and O–H groups in total. The predicted octanol–water partition coefficient (Wildman–Crippen LogP) is 0.952. The zero-order valence-electron chi connectivity index (χ0n) is 8.40. The Morgan fingerprint density at radius 1 is 1.53 bits per heavy atom. The number of benzene rings is 1. The molecule has 0 aliphatic heterocycles. The van der Waals surface area contributed by atoms with Crippen molar-refractivity contribution in [1.29, 1.82) is 0 Å². The number of fused-ring (bicyclic) bond motifs is 1. The first-order valence-corrected chi connectivity index (χ1v) is 5.18. The van der Waals surface area contributed by atoms with Gasteiger partial charge in [0.05, 0.1) is 0 Å². The van der Waals surface area contributed by atoms with Crippen molar-refractivity contribution in [3.8, 4) is 5.75 Å². The largest absolute Gasteiger partial charge is 0.550 e. The van der Waals surface area contributed by atoms with Gasteiger partial charge in [-0.25, -0.2) is 0 Å². The number of hydrogen-bond acceptors (Lipinski definition) is 3. The molecule has 0 heterocycles. The van der Waals surface area contributed by atoms with Crippen LogP contribution in [0.4, 0.5) is 0 Å². The van der Waals surface area contributed by atoms with Gasteiger partial charge in [0, 0.05) is 5.97 Å². The maximum absolute atomic E-state index is 10.6. The Hall–Kier alpha value is -1.51. The Balaban J connectivity index is 2.30. The Kier molecular flexibility index (Phi) is 2.62. The molecule has 2 rings (SSSR count). The molecule has 0 aromatic heterocycles. The Morgan fingerprint density at radius 2 is 2.33 bits per heavy atom. The summed E-state index contributed by atoms with van der Waals surface area (Å²) in [4.78, 5) is 10.6. The lowest BCUT2D eigenvalue weighted by atomic mass is 9.81. The maximum Gasteiger partial charge on any atom is 0.115 e. The fourth-order valence-electron chi connectivity index (χ4n) is 2.31. The Labute approximate surface area is 88.4 Å². The molecule has 1 atom stereocenters. The fraction of sp³-hybridized carbons (Fsp3) is 0.417. The van der Waals surface area contributed by atoms with Crippen LogP contribution in [0.3, 0.4) is 0 Å². The van der Waals surface area contributed by atoms with Crippen LogP contribution < -0.4 is 5.11 Å². The predicted molar refractivity (Wildman–Crippen MR) is 53.4 cm³/mol. The molecule has 1 aliphatic carbocycles. The molecule has 1 unspecified atom stereocenters. The molecule has 0 bridgehead atoms. The Morgan fingerprint density at radius 3 is 3.07 bits per heavy atom. The summed E-state index contributed by atoms with van der Waals surface area (Å²) in [5, 5.41) is 19.9. The van der Waals surface area contributed by atoms with Gasteiger partial charge in [0.2, 0.25) is 0 Å². The second-order valence-electron chi connectivity index (χ2n) is 4.05. The van der Waals surface area contributed by atoms with E-state index in [0.717, 1.165) is 30.4 Å². The summed E-state index contributed by atoms with van der Waals surface area (Å²) in [5.41, 5.74) is 2.13. The highest BCUT2D eigenvalue weighted by Gasteiger charge is 2.20. The third-order valence-corrected chi connectivity index (χ3v) is 2.98. The minimum atomic E-state index is -0.999. The second kappa shape index (κ2) is 3.93. The molecule has 0 saturated heterocycles. The van der Waals surface area contributed by atoms with Crippen molar-refractivity contribution in [3.05, 3.63) is 29.3 Å². The first-order chi connectivity index (χ1) is 7.16. The van der Waals surface area contributed by atoms with Crippen LogP contribution in [-0.4, -0.2) is 11.1 Å². The van der Waals surface area contributed by atoms with E-state index in [-0.39, 0.29) is 18.1 Å². The number of carbonyl (C=O) groups excluding carboxylic acids is 1. The summed E-state index contributed by atoms with van der Waals surface area (Å²) in [6.07, 6.45) is 2.88. The number of carboxylic acid groups (broad SMARTS) is 1. The van der Waals surface area contributed by atoms with E-state index in [1.54, 1.807) is 12.1 Å². The Bertz CT molecular complexity index is 384. The van der Waals surface area contributed by atoms with Crippen LogP contribution in [0.5, 0.6) is 5.75 Å². The smallest absolute Gasteiger partial charge is 0.115 e. The number of phenols is 1. The number of carboxylic acids is 1. The molecule has 0 saturated carbocycles. The molecule has 0 amide bonds. The van der Waals surface area contributed by atoms with Gasteiger partial charge >= 0.3 is 0 Å². The highest BCUT2D eigenvalue weighted by Crippen LogP contribution is 2.35. The van der Waals surface area contributed by atoms with Crippen molar-refractivity contribution in [2.45, 2.75) is 31.6 Å². The quantitative estimate of drug-likeness (QED) is 0.782. The summed E-state index contributed by atoms with van der Waals surface area (Å²) in [7, 11) is 0. The minimum Gasteiger partial charge on any atom is -0.550 e. The van der Waals surface area contributed by atoms with E-state index in [9.17, 15) is 15.0 Å². The fourth-order valence-corrected chi connectivity index (χ4v) is 2.31. The van der Waals surface area contributed by atoms with Crippen LogP contribution in [0.1, 0.15) is 36.3 Å². The van der Waals surface area contributed by atoms with E-state index in [1.165, 1.54) is 0 Å². The van der Waals surface area contributed by atoms with E-state index in [0.29, 0.717) is 0 Å². The van der Waals surface area contributed by atoms with Crippen LogP contribution in [0.2, 0.25) is 0 Å². The molecule has 1 aromatic rings. The van der Waals surface area contributed by atoms with Crippen molar-refractivity contribution >= 4 is 5.97 Å². The normalized spacial score (nSPS) is 19.6. The topological polar surface area (TPSA) is 60.4 Å². The van der Waals surface area contributed by atoms with E-state index in [2.05, 4.69) is 0 Å². The SMILES string of the molecule is O=C([O-])CC1CCCc2cc(O)ccc21. The number of aromatic hydroxyl groups is 1. The average molecular weight is 205 g/mol. The molecule has 1 aliphatic rings. The first kappa shape index (κ1) is 10.0. The monoisotopic (exact) mass is 205 g/mol. The van der Waals surface area contributed by atoms with Gasteiger partial charge in [-0.2, -0.15) is 0 Å². The lowest BCUT2D eigenvalue weighted by Crippen LogP contribution is -2.25. The molecule has 0 fully saturated rings. The number of carbonyl (C=O) groups is 1. The van der Waals surface area contributed by atoms with Crippen molar-refractivity contribution < 1.29 is 15.0 Å². The molecule has 3 nitrogen and oxygen atoms in total. The average Bonchev–Trinajstić information content (AvgIpc) is 2.16.